The van der Waals surface area contributed by atoms with Gasteiger partial charge in [-0.1, -0.05) is 18.2 Å². The molecule has 0 aliphatic heterocycles. The molecule has 1 aromatic heterocycles. The minimum Gasteiger partial charge on any atom is -0.506 e. The maximum absolute atomic E-state index is 14.0. The van der Waals surface area contributed by atoms with E-state index in [2.05, 4.69) is 9.41 Å². The predicted octanol–water partition coefficient (Wildman–Crippen LogP) is 4.20. The summed E-state index contributed by atoms with van der Waals surface area (Å²) >= 11 is 0. The lowest BCUT2D eigenvalue weighted by molar-refractivity contribution is 0.398. The Bertz CT molecular complexity index is 1080. The quantitative estimate of drug-likeness (QED) is 0.247. The van der Waals surface area contributed by atoms with Gasteiger partial charge in [0.15, 0.2) is 17.2 Å². The number of aliphatic imine (C=N–C) groups is 1. The first-order chi connectivity index (χ1) is 11.8. The summed E-state index contributed by atoms with van der Waals surface area (Å²) in [5, 5.41) is 9.09. The standard InChI is InChI=1S/C17H9F4NO3/c1-7(22-8-5-3-2-4-6-8)9-15(23)10-11(18)12(19)13(20)14(21)16(10)25-17(9)24/h2-6,23H,1H3. The third kappa shape index (κ3) is 2.65. The zero-order chi connectivity index (χ0) is 18.3. The van der Waals surface area contributed by atoms with E-state index in [1.54, 1.807) is 30.3 Å². The van der Waals surface area contributed by atoms with Crippen molar-refractivity contribution in [1.29, 1.82) is 0 Å². The van der Waals surface area contributed by atoms with Gasteiger partial charge in [-0.2, -0.15) is 4.39 Å². The number of fused-ring (bicyclic) bond motifs is 1. The normalized spacial score (nSPS) is 12.0. The molecule has 0 spiro atoms. The fraction of sp³-hybridized carbons (Fsp3) is 0.0588. The third-order valence-corrected chi connectivity index (χ3v) is 3.51. The van der Waals surface area contributed by atoms with E-state index in [0.717, 1.165) is 0 Å². The first-order valence-corrected chi connectivity index (χ1v) is 6.95. The average molecular weight is 351 g/mol. The zero-order valence-electron chi connectivity index (χ0n) is 12.6. The van der Waals surface area contributed by atoms with E-state index in [-0.39, 0.29) is 5.71 Å². The van der Waals surface area contributed by atoms with Crippen molar-refractivity contribution in [2.45, 2.75) is 6.92 Å². The Hall–Kier alpha value is -3.16. The second-order valence-corrected chi connectivity index (χ2v) is 5.11. The molecule has 0 atom stereocenters. The third-order valence-electron chi connectivity index (χ3n) is 3.51. The van der Waals surface area contributed by atoms with Crippen LogP contribution in [0.15, 0.2) is 44.5 Å². The number of aromatic hydroxyl groups is 1. The minimum atomic E-state index is -2.14. The van der Waals surface area contributed by atoms with E-state index in [4.69, 9.17) is 0 Å². The Morgan fingerprint density at radius 1 is 1.00 bits per heavy atom. The van der Waals surface area contributed by atoms with Crippen molar-refractivity contribution in [3.8, 4) is 5.75 Å². The maximum Gasteiger partial charge on any atom is 0.349 e. The van der Waals surface area contributed by atoms with Crippen molar-refractivity contribution < 1.29 is 27.1 Å². The summed E-state index contributed by atoms with van der Waals surface area (Å²) in [6.45, 7) is 1.32. The first kappa shape index (κ1) is 16.7. The van der Waals surface area contributed by atoms with Crippen LogP contribution in [0.5, 0.6) is 5.75 Å². The molecule has 0 bridgehead atoms. The molecule has 0 radical (unpaired) electrons. The molecule has 0 aliphatic carbocycles. The average Bonchev–Trinajstić information content (AvgIpc) is 2.58. The second-order valence-electron chi connectivity index (χ2n) is 5.11. The van der Waals surface area contributed by atoms with Crippen LogP contribution in [0.1, 0.15) is 12.5 Å². The van der Waals surface area contributed by atoms with Crippen LogP contribution in [0, 0.1) is 23.3 Å². The van der Waals surface area contributed by atoms with Gasteiger partial charge in [-0.15, -0.1) is 0 Å². The van der Waals surface area contributed by atoms with Crippen LogP contribution < -0.4 is 5.63 Å². The van der Waals surface area contributed by atoms with Crippen molar-refractivity contribution in [3.63, 3.8) is 0 Å². The molecule has 1 N–H and O–H groups in total. The SMILES string of the molecule is CC(=Nc1ccccc1)c1c(O)c2c(F)c(F)c(F)c(F)c2oc1=O. The van der Waals surface area contributed by atoms with Crippen molar-refractivity contribution in [3.05, 3.63) is 69.6 Å². The van der Waals surface area contributed by atoms with E-state index in [0.29, 0.717) is 5.69 Å². The lowest BCUT2D eigenvalue weighted by atomic mass is 10.1. The highest BCUT2D eigenvalue weighted by molar-refractivity contribution is 6.05. The molecule has 0 aliphatic rings. The van der Waals surface area contributed by atoms with Gasteiger partial charge in [0.25, 0.3) is 0 Å². The van der Waals surface area contributed by atoms with Crippen LogP contribution in [-0.2, 0) is 0 Å². The molecule has 0 amide bonds. The fourth-order valence-electron chi connectivity index (χ4n) is 2.36. The zero-order valence-corrected chi connectivity index (χ0v) is 12.6. The Kier molecular flexibility index (Phi) is 4.03. The van der Waals surface area contributed by atoms with Gasteiger partial charge >= 0.3 is 5.63 Å². The summed E-state index contributed by atoms with van der Waals surface area (Å²) in [4.78, 5) is 16.1. The van der Waals surface area contributed by atoms with Crippen molar-refractivity contribution >= 4 is 22.4 Å². The summed E-state index contributed by atoms with van der Waals surface area (Å²) < 4.78 is 58.9. The van der Waals surface area contributed by atoms with Crippen LogP contribution in [-0.4, -0.2) is 10.8 Å². The molecule has 3 rings (SSSR count). The lowest BCUT2D eigenvalue weighted by Gasteiger charge is -2.09. The van der Waals surface area contributed by atoms with Gasteiger partial charge < -0.3 is 9.52 Å². The van der Waals surface area contributed by atoms with E-state index in [9.17, 15) is 27.5 Å². The molecular weight excluding hydrogens is 342 g/mol. The van der Waals surface area contributed by atoms with Gasteiger partial charge in [-0.3, -0.25) is 4.99 Å². The monoisotopic (exact) mass is 351 g/mol. The maximum atomic E-state index is 14.0. The van der Waals surface area contributed by atoms with Crippen molar-refractivity contribution in [2.24, 2.45) is 4.99 Å². The molecule has 0 fully saturated rings. The lowest BCUT2D eigenvalue weighted by Crippen LogP contribution is -2.14. The topological polar surface area (TPSA) is 62.8 Å². The van der Waals surface area contributed by atoms with Crippen molar-refractivity contribution in [1.82, 2.24) is 0 Å². The predicted molar refractivity (Wildman–Crippen MR) is 82.3 cm³/mol. The Labute approximate surface area is 137 Å². The molecule has 0 unspecified atom stereocenters. The van der Waals surface area contributed by atoms with Crippen LogP contribution >= 0.6 is 0 Å². The number of nitrogens with zero attached hydrogens (tertiary/aromatic N) is 1. The smallest absolute Gasteiger partial charge is 0.349 e. The molecule has 0 saturated carbocycles. The fourth-order valence-corrected chi connectivity index (χ4v) is 2.36. The second kappa shape index (κ2) is 6.04. The van der Waals surface area contributed by atoms with E-state index in [1.165, 1.54) is 6.92 Å². The van der Waals surface area contributed by atoms with Crippen LogP contribution in [0.3, 0.4) is 0 Å². The number of rotatable bonds is 2. The Balaban J connectivity index is 2.35. The first-order valence-electron chi connectivity index (χ1n) is 6.95. The summed E-state index contributed by atoms with van der Waals surface area (Å²) in [5.74, 6) is -9.14. The number of hydrogen-bond donors (Lipinski definition) is 1. The summed E-state index contributed by atoms with van der Waals surface area (Å²) in [6, 6.07) is 8.26. The molecule has 8 heteroatoms. The number of hydrogen-bond acceptors (Lipinski definition) is 4. The highest BCUT2D eigenvalue weighted by atomic mass is 19.2. The summed E-state index contributed by atoms with van der Waals surface area (Å²) in [6.07, 6.45) is 0. The molecule has 128 valence electrons. The molecule has 3 aromatic rings. The largest absolute Gasteiger partial charge is 0.506 e. The minimum absolute atomic E-state index is 0.0797. The van der Waals surface area contributed by atoms with E-state index >= 15 is 0 Å². The molecule has 25 heavy (non-hydrogen) atoms. The molecule has 1 heterocycles. The molecule has 0 saturated heterocycles. The summed E-state index contributed by atoms with van der Waals surface area (Å²) in [5.41, 5.74) is -2.73. The van der Waals surface area contributed by atoms with Gasteiger partial charge in [0.1, 0.15) is 16.7 Å². The highest BCUT2D eigenvalue weighted by Gasteiger charge is 2.28. The van der Waals surface area contributed by atoms with Gasteiger partial charge in [0.05, 0.1) is 11.4 Å². The number of para-hydroxylation sites is 1. The van der Waals surface area contributed by atoms with E-state index in [1.807, 2.05) is 0 Å². The van der Waals surface area contributed by atoms with Gasteiger partial charge in [0, 0.05) is 0 Å². The molecular formula is C17H9F4NO3. The van der Waals surface area contributed by atoms with Crippen LogP contribution in [0.4, 0.5) is 23.2 Å². The highest BCUT2D eigenvalue weighted by Crippen LogP contribution is 2.34. The van der Waals surface area contributed by atoms with Gasteiger partial charge in [-0.25, -0.2) is 18.0 Å². The number of benzene rings is 2. The van der Waals surface area contributed by atoms with Gasteiger partial charge in [-0.05, 0) is 19.1 Å². The number of halogens is 4. The summed E-state index contributed by atoms with van der Waals surface area (Å²) in [7, 11) is 0. The Morgan fingerprint density at radius 2 is 1.60 bits per heavy atom. The van der Waals surface area contributed by atoms with Crippen LogP contribution in [0.2, 0.25) is 0 Å². The van der Waals surface area contributed by atoms with E-state index < -0.39 is 51.2 Å². The van der Waals surface area contributed by atoms with Crippen LogP contribution in [0.25, 0.3) is 11.0 Å². The van der Waals surface area contributed by atoms with Crippen molar-refractivity contribution in [2.75, 3.05) is 0 Å². The van der Waals surface area contributed by atoms with Gasteiger partial charge in [0.2, 0.25) is 11.6 Å². The molecule has 4 nitrogen and oxygen atoms in total. The molecule has 2 aromatic carbocycles. The Morgan fingerprint density at radius 3 is 2.24 bits per heavy atom.